The third-order valence-corrected chi connectivity index (χ3v) is 4.38. The maximum Gasteiger partial charge on any atom is 0.166 e. The fourth-order valence-electron chi connectivity index (χ4n) is 2.13. The monoisotopic (exact) mass is 313 g/mol. The van der Waals surface area contributed by atoms with Crippen molar-refractivity contribution >= 4 is 40.0 Å². The van der Waals surface area contributed by atoms with Crippen molar-refractivity contribution in [2.75, 3.05) is 0 Å². The zero-order valence-corrected chi connectivity index (χ0v) is 13.2. The van der Waals surface area contributed by atoms with Crippen molar-refractivity contribution in [3.63, 3.8) is 0 Å². The molecule has 0 fully saturated rings. The van der Waals surface area contributed by atoms with Crippen molar-refractivity contribution in [1.29, 1.82) is 0 Å². The van der Waals surface area contributed by atoms with E-state index in [2.05, 4.69) is 35.1 Å². The predicted molar refractivity (Wildman–Crippen MR) is 92.7 cm³/mol. The zero-order chi connectivity index (χ0) is 14.8. The van der Waals surface area contributed by atoms with Crippen molar-refractivity contribution in [1.82, 2.24) is 9.97 Å². The summed E-state index contributed by atoms with van der Waals surface area (Å²) < 4.78 is 0. The van der Waals surface area contributed by atoms with E-state index in [0.29, 0.717) is 4.99 Å². The SMILES string of the molecule is Cc1ccc2nc(SCc3cccc(C(N)=S)c3)[nH]c2c1. The minimum absolute atomic E-state index is 0.432. The lowest BCUT2D eigenvalue weighted by atomic mass is 10.1. The van der Waals surface area contributed by atoms with Crippen LogP contribution in [0.2, 0.25) is 0 Å². The Hall–Kier alpha value is -1.85. The number of fused-ring (bicyclic) bond motifs is 1. The fourth-order valence-corrected chi connectivity index (χ4v) is 3.09. The second-order valence-electron chi connectivity index (χ2n) is 4.92. The molecule has 3 rings (SSSR count). The van der Waals surface area contributed by atoms with Gasteiger partial charge in [0.1, 0.15) is 4.99 Å². The number of hydrogen-bond acceptors (Lipinski definition) is 3. The maximum atomic E-state index is 5.66. The van der Waals surface area contributed by atoms with Crippen LogP contribution < -0.4 is 5.73 Å². The summed E-state index contributed by atoms with van der Waals surface area (Å²) in [6.45, 7) is 2.08. The lowest BCUT2D eigenvalue weighted by Crippen LogP contribution is -2.09. The first-order valence-corrected chi connectivity index (χ1v) is 7.99. The van der Waals surface area contributed by atoms with E-state index in [1.807, 2.05) is 24.3 Å². The Morgan fingerprint density at radius 1 is 1.29 bits per heavy atom. The number of aromatic amines is 1. The quantitative estimate of drug-likeness (QED) is 0.568. The van der Waals surface area contributed by atoms with Crippen molar-refractivity contribution in [3.05, 3.63) is 59.2 Å². The third kappa shape index (κ3) is 3.25. The summed E-state index contributed by atoms with van der Waals surface area (Å²) in [4.78, 5) is 8.36. The molecule has 3 nitrogen and oxygen atoms in total. The molecule has 2 aromatic carbocycles. The van der Waals surface area contributed by atoms with Crippen LogP contribution in [0.25, 0.3) is 11.0 Å². The van der Waals surface area contributed by atoms with Gasteiger partial charge in [-0.1, -0.05) is 48.2 Å². The second-order valence-corrected chi connectivity index (χ2v) is 6.32. The van der Waals surface area contributed by atoms with Crippen LogP contribution in [0.3, 0.4) is 0 Å². The van der Waals surface area contributed by atoms with E-state index in [4.69, 9.17) is 18.0 Å². The number of imidazole rings is 1. The summed E-state index contributed by atoms with van der Waals surface area (Å²) in [6.07, 6.45) is 0. The highest BCUT2D eigenvalue weighted by molar-refractivity contribution is 7.98. The standard InChI is InChI=1S/C16H15N3S2/c1-10-5-6-13-14(7-10)19-16(18-13)21-9-11-3-2-4-12(8-11)15(17)20/h2-8H,9H2,1H3,(H2,17,20)(H,18,19). The predicted octanol–water partition coefficient (Wildman–Crippen LogP) is 3.80. The number of rotatable bonds is 4. The lowest BCUT2D eigenvalue weighted by molar-refractivity contribution is 1.08. The summed E-state index contributed by atoms with van der Waals surface area (Å²) in [5, 5.41) is 0.927. The molecule has 21 heavy (non-hydrogen) atoms. The van der Waals surface area contributed by atoms with E-state index in [9.17, 15) is 0 Å². The Bertz CT molecular complexity index is 808. The molecule has 0 aliphatic rings. The number of benzene rings is 2. The van der Waals surface area contributed by atoms with Crippen LogP contribution in [0.15, 0.2) is 47.6 Å². The number of nitrogens with two attached hydrogens (primary N) is 1. The van der Waals surface area contributed by atoms with Crippen molar-refractivity contribution in [2.45, 2.75) is 17.8 Å². The largest absolute Gasteiger partial charge is 0.389 e. The minimum Gasteiger partial charge on any atom is -0.389 e. The van der Waals surface area contributed by atoms with E-state index < -0.39 is 0 Å². The van der Waals surface area contributed by atoms with Gasteiger partial charge in [0.2, 0.25) is 0 Å². The van der Waals surface area contributed by atoms with Crippen LogP contribution in [-0.2, 0) is 5.75 Å². The Kier molecular flexibility index (Phi) is 3.94. The van der Waals surface area contributed by atoms with Gasteiger partial charge in [-0.05, 0) is 36.2 Å². The number of aromatic nitrogens is 2. The molecule has 0 unspecified atom stereocenters. The number of thiocarbonyl (C=S) groups is 1. The molecule has 0 amide bonds. The average Bonchev–Trinajstić information content (AvgIpc) is 2.87. The molecule has 0 saturated carbocycles. The summed E-state index contributed by atoms with van der Waals surface area (Å²) in [5.74, 6) is 0.829. The Morgan fingerprint density at radius 2 is 2.14 bits per heavy atom. The molecule has 0 aliphatic heterocycles. The molecule has 1 heterocycles. The fraction of sp³-hybridized carbons (Fsp3) is 0.125. The Labute approximate surface area is 133 Å². The first-order valence-electron chi connectivity index (χ1n) is 6.60. The number of nitrogens with zero attached hydrogens (tertiary/aromatic N) is 1. The van der Waals surface area contributed by atoms with Gasteiger partial charge in [0.25, 0.3) is 0 Å². The van der Waals surface area contributed by atoms with Crippen LogP contribution >= 0.6 is 24.0 Å². The van der Waals surface area contributed by atoms with E-state index in [1.165, 1.54) is 11.1 Å². The summed E-state index contributed by atoms with van der Waals surface area (Å²) in [7, 11) is 0. The highest BCUT2D eigenvalue weighted by atomic mass is 32.2. The molecule has 0 atom stereocenters. The van der Waals surface area contributed by atoms with Gasteiger partial charge in [0.15, 0.2) is 5.16 Å². The van der Waals surface area contributed by atoms with E-state index >= 15 is 0 Å². The average molecular weight is 313 g/mol. The van der Waals surface area contributed by atoms with Gasteiger partial charge in [0, 0.05) is 11.3 Å². The summed E-state index contributed by atoms with van der Waals surface area (Å²) >= 11 is 6.68. The highest BCUT2D eigenvalue weighted by Gasteiger charge is 2.05. The Morgan fingerprint density at radius 3 is 2.95 bits per heavy atom. The molecule has 0 spiro atoms. The van der Waals surface area contributed by atoms with Crippen molar-refractivity contribution < 1.29 is 0 Å². The summed E-state index contributed by atoms with van der Waals surface area (Å²) in [5.41, 5.74) is 11.1. The highest BCUT2D eigenvalue weighted by Crippen LogP contribution is 2.24. The number of H-pyrrole nitrogens is 1. The molecular formula is C16H15N3S2. The lowest BCUT2D eigenvalue weighted by Gasteiger charge is -2.02. The molecule has 0 radical (unpaired) electrons. The second kappa shape index (κ2) is 5.87. The molecule has 0 bridgehead atoms. The van der Waals surface area contributed by atoms with Crippen molar-refractivity contribution in [3.8, 4) is 0 Å². The number of nitrogens with one attached hydrogen (secondary N) is 1. The third-order valence-electron chi connectivity index (χ3n) is 3.20. The molecule has 3 N–H and O–H groups in total. The first kappa shape index (κ1) is 14.1. The van der Waals surface area contributed by atoms with Crippen LogP contribution in [-0.4, -0.2) is 15.0 Å². The maximum absolute atomic E-state index is 5.66. The van der Waals surface area contributed by atoms with Crippen LogP contribution in [0, 0.1) is 6.92 Å². The molecular weight excluding hydrogens is 298 g/mol. The first-order chi connectivity index (χ1) is 10.1. The van der Waals surface area contributed by atoms with Gasteiger partial charge in [-0.3, -0.25) is 0 Å². The normalized spacial score (nSPS) is 10.9. The van der Waals surface area contributed by atoms with Gasteiger partial charge in [0.05, 0.1) is 11.0 Å². The Balaban J connectivity index is 1.77. The van der Waals surface area contributed by atoms with Gasteiger partial charge >= 0.3 is 0 Å². The topological polar surface area (TPSA) is 54.7 Å². The molecule has 106 valence electrons. The minimum atomic E-state index is 0.432. The zero-order valence-electron chi connectivity index (χ0n) is 11.6. The van der Waals surface area contributed by atoms with Gasteiger partial charge in [-0.25, -0.2) is 4.98 Å². The molecule has 1 aromatic heterocycles. The van der Waals surface area contributed by atoms with E-state index in [-0.39, 0.29) is 0 Å². The molecule has 5 heteroatoms. The van der Waals surface area contributed by atoms with Gasteiger partial charge in [-0.2, -0.15) is 0 Å². The molecule has 0 saturated heterocycles. The van der Waals surface area contributed by atoms with Crippen LogP contribution in [0.1, 0.15) is 16.7 Å². The number of thioether (sulfide) groups is 1. The molecule has 3 aromatic rings. The smallest absolute Gasteiger partial charge is 0.166 e. The summed E-state index contributed by atoms with van der Waals surface area (Å²) in [6, 6.07) is 14.2. The number of aryl methyl sites for hydroxylation is 1. The van der Waals surface area contributed by atoms with Gasteiger partial charge < -0.3 is 10.7 Å². The van der Waals surface area contributed by atoms with Gasteiger partial charge in [-0.15, -0.1) is 0 Å². The van der Waals surface area contributed by atoms with E-state index in [0.717, 1.165) is 27.5 Å². The van der Waals surface area contributed by atoms with E-state index in [1.54, 1.807) is 11.8 Å². The number of hydrogen-bond donors (Lipinski definition) is 2. The van der Waals surface area contributed by atoms with Crippen molar-refractivity contribution in [2.24, 2.45) is 5.73 Å². The molecule has 0 aliphatic carbocycles. The van der Waals surface area contributed by atoms with Crippen LogP contribution in [0.5, 0.6) is 0 Å². The van der Waals surface area contributed by atoms with Crippen LogP contribution in [0.4, 0.5) is 0 Å².